The molecular formula is C23H17N5OS3. The van der Waals surface area contributed by atoms with E-state index in [9.17, 15) is 0 Å². The van der Waals surface area contributed by atoms with Gasteiger partial charge in [-0.1, -0.05) is 18.2 Å². The maximum absolute atomic E-state index is 5.94. The van der Waals surface area contributed by atoms with E-state index in [0.717, 1.165) is 39.5 Å². The number of fused-ring (bicyclic) bond motifs is 3. The van der Waals surface area contributed by atoms with E-state index >= 15 is 0 Å². The van der Waals surface area contributed by atoms with Crippen molar-refractivity contribution in [3.8, 4) is 11.5 Å². The predicted octanol–water partition coefficient (Wildman–Crippen LogP) is 6.07. The van der Waals surface area contributed by atoms with E-state index in [1.54, 1.807) is 35.5 Å². The van der Waals surface area contributed by atoms with Crippen LogP contribution in [0.1, 0.15) is 22.7 Å². The van der Waals surface area contributed by atoms with Crippen LogP contribution in [0.15, 0.2) is 74.4 Å². The van der Waals surface area contributed by atoms with Crippen LogP contribution in [0.4, 0.5) is 0 Å². The SMILES string of the molecule is c1ccc(SCc2nc(Sc3nnc(-c4ccncc4)o3)c3c4c(sc3n2)CCC4)cc1. The van der Waals surface area contributed by atoms with Crippen LogP contribution in [0.3, 0.4) is 0 Å². The highest BCUT2D eigenvalue weighted by molar-refractivity contribution is 7.99. The van der Waals surface area contributed by atoms with Gasteiger partial charge in [-0.05, 0) is 60.9 Å². The van der Waals surface area contributed by atoms with Crippen molar-refractivity contribution in [1.82, 2.24) is 25.1 Å². The third-order valence-electron chi connectivity index (χ3n) is 5.21. The van der Waals surface area contributed by atoms with Gasteiger partial charge in [0.15, 0.2) is 0 Å². The molecule has 9 heteroatoms. The van der Waals surface area contributed by atoms with E-state index in [1.807, 2.05) is 30.3 Å². The molecule has 1 aliphatic carbocycles. The number of nitrogens with zero attached hydrogens (tertiary/aromatic N) is 5. The van der Waals surface area contributed by atoms with Crippen LogP contribution in [-0.4, -0.2) is 25.1 Å². The minimum Gasteiger partial charge on any atom is -0.411 e. The van der Waals surface area contributed by atoms with Crippen molar-refractivity contribution in [2.75, 3.05) is 0 Å². The topological polar surface area (TPSA) is 77.6 Å². The maximum atomic E-state index is 5.94. The Morgan fingerprint density at radius 1 is 0.969 bits per heavy atom. The third-order valence-corrected chi connectivity index (χ3v) is 8.23. The van der Waals surface area contributed by atoms with Gasteiger partial charge in [-0.3, -0.25) is 4.98 Å². The van der Waals surface area contributed by atoms with Gasteiger partial charge >= 0.3 is 0 Å². The molecule has 0 N–H and O–H groups in total. The monoisotopic (exact) mass is 475 g/mol. The van der Waals surface area contributed by atoms with Gasteiger partial charge in [0.2, 0.25) is 5.89 Å². The van der Waals surface area contributed by atoms with Gasteiger partial charge in [0.25, 0.3) is 5.22 Å². The number of hydrogen-bond donors (Lipinski definition) is 0. The summed E-state index contributed by atoms with van der Waals surface area (Å²) < 4.78 is 5.94. The highest BCUT2D eigenvalue weighted by Gasteiger charge is 2.24. The van der Waals surface area contributed by atoms with Gasteiger partial charge in [-0.2, -0.15) is 0 Å². The standard InChI is InChI=1S/C23H17N5OS3/c1-2-5-15(6-3-1)30-13-18-25-21-19(16-7-4-8-17(16)31-21)22(26-18)32-23-28-27-20(29-23)14-9-11-24-12-10-14/h1-3,5-6,9-12H,4,7-8,13H2. The lowest BCUT2D eigenvalue weighted by molar-refractivity contribution is 0.465. The van der Waals surface area contributed by atoms with E-state index in [2.05, 4.69) is 27.3 Å². The lowest BCUT2D eigenvalue weighted by atomic mass is 10.2. The molecule has 1 aliphatic rings. The van der Waals surface area contributed by atoms with Crippen LogP contribution in [0.2, 0.25) is 0 Å². The lowest BCUT2D eigenvalue weighted by Gasteiger charge is -2.06. The quantitative estimate of drug-likeness (QED) is 0.216. The zero-order valence-electron chi connectivity index (χ0n) is 16.9. The first kappa shape index (κ1) is 19.9. The minimum absolute atomic E-state index is 0.482. The number of aryl methyl sites for hydroxylation is 2. The Morgan fingerprint density at radius 3 is 2.72 bits per heavy atom. The Morgan fingerprint density at radius 2 is 1.84 bits per heavy atom. The first-order valence-electron chi connectivity index (χ1n) is 10.2. The van der Waals surface area contributed by atoms with Gasteiger partial charge in [-0.15, -0.1) is 33.3 Å². The molecule has 4 heterocycles. The zero-order valence-corrected chi connectivity index (χ0v) is 19.3. The Hall–Kier alpha value is -2.75. The number of thioether (sulfide) groups is 1. The molecule has 6 rings (SSSR count). The highest BCUT2D eigenvalue weighted by Crippen LogP contribution is 2.42. The van der Waals surface area contributed by atoms with Crippen molar-refractivity contribution < 1.29 is 4.42 Å². The molecule has 0 spiro atoms. The molecule has 0 aliphatic heterocycles. The predicted molar refractivity (Wildman–Crippen MR) is 127 cm³/mol. The average Bonchev–Trinajstić information content (AvgIpc) is 3.55. The van der Waals surface area contributed by atoms with Crippen LogP contribution in [0.5, 0.6) is 0 Å². The summed E-state index contributed by atoms with van der Waals surface area (Å²) in [5, 5.41) is 11.0. The number of aromatic nitrogens is 5. The summed E-state index contributed by atoms with van der Waals surface area (Å²) in [5.74, 6) is 2.01. The van der Waals surface area contributed by atoms with Crippen LogP contribution < -0.4 is 0 Å². The Balaban J connectivity index is 1.35. The summed E-state index contributed by atoms with van der Waals surface area (Å²) in [6, 6.07) is 14.1. The highest BCUT2D eigenvalue weighted by atomic mass is 32.2. The molecule has 0 bridgehead atoms. The smallest absolute Gasteiger partial charge is 0.283 e. The van der Waals surface area contributed by atoms with Crippen molar-refractivity contribution in [2.45, 2.75) is 40.2 Å². The van der Waals surface area contributed by atoms with Crippen molar-refractivity contribution in [1.29, 1.82) is 0 Å². The van der Waals surface area contributed by atoms with Gasteiger partial charge in [0.1, 0.15) is 15.7 Å². The van der Waals surface area contributed by atoms with Crippen LogP contribution in [-0.2, 0) is 18.6 Å². The van der Waals surface area contributed by atoms with E-state index in [-0.39, 0.29) is 0 Å². The molecule has 1 aromatic carbocycles. The van der Waals surface area contributed by atoms with Gasteiger partial charge in [-0.25, -0.2) is 9.97 Å². The molecule has 0 saturated heterocycles. The molecule has 6 nitrogen and oxygen atoms in total. The van der Waals surface area contributed by atoms with E-state index in [1.165, 1.54) is 33.5 Å². The molecule has 32 heavy (non-hydrogen) atoms. The zero-order chi connectivity index (χ0) is 21.3. The molecule has 0 fully saturated rings. The summed E-state index contributed by atoms with van der Waals surface area (Å²) in [4.78, 5) is 17.6. The molecule has 0 saturated carbocycles. The second kappa shape index (κ2) is 8.65. The Bertz CT molecular complexity index is 1390. The molecule has 0 radical (unpaired) electrons. The number of benzene rings is 1. The Kier molecular flexibility index (Phi) is 5.38. The number of pyridine rings is 1. The van der Waals surface area contributed by atoms with E-state index < -0.39 is 0 Å². The summed E-state index contributed by atoms with van der Waals surface area (Å²) in [6.07, 6.45) is 6.83. The van der Waals surface area contributed by atoms with Crippen molar-refractivity contribution in [2.24, 2.45) is 0 Å². The molecule has 0 atom stereocenters. The minimum atomic E-state index is 0.482. The number of thiophene rings is 1. The second-order valence-electron chi connectivity index (χ2n) is 7.30. The fourth-order valence-electron chi connectivity index (χ4n) is 3.75. The van der Waals surface area contributed by atoms with Crippen LogP contribution >= 0.6 is 34.9 Å². The first-order chi connectivity index (χ1) is 15.8. The number of rotatable bonds is 6. The van der Waals surface area contributed by atoms with E-state index in [0.29, 0.717) is 16.9 Å². The molecular weight excluding hydrogens is 458 g/mol. The number of hydrogen-bond acceptors (Lipinski definition) is 9. The van der Waals surface area contributed by atoms with Gasteiger partial charge in [0, 0.05) is 33.1 Å². The van der Waals surface area contributed by atoms with E-state index in [4.69, 9.17) is 14.4 Å². The summed E-state index contributed by atoms with van der Waals surface area (Å²) in [7, 11) is 0. The van der Waals surface area contributed by atoms with Crippen molar-refractivity contribution >= 4 is 45.1 Å². The third kappa shape index (κ3) is 3.92. The van der Waals surface area contributed by atoms with Crippen LogP contribution in [0, 0.1) is 0 Å². The van der Waals surface area contributed by atoms with Gasteiger partial charge in [0.05, 0.1) is 5.75 Å². The van der Waals surface area contributed by atoms with Gasteiger partial charge < -0.3 is 4.42 Å². The molecule has 5 aromatic rings. The summed E-state index contributed by atoms with van der Waals surface area (Å²) in [5.41, 5.74) is 2.24. The van der Waals surface area contributed by atoms with Crippen molar-refractivity contribution in [3.05, 3.63) is 71.1 Å². The molecule has 4 aromatic heterocycles. The Labute approximate surface area is 196 Å². The first-order valence-corrected chi connectivity index (χ1v) is 12.9. The second-order valence-corrected chi connectivity index (χ2v) is 10.4. The largest absolute Gasteiger partial charge is 0.411 e. The summed E-state index contributed by atoms with van der Waals surface area (Å²) in [6.45, 7) is 0. The average molecular weight is 476 g/mol. The molecule has 158 valence electrons. The maximum Gasteiger partial charge on any atom is 0.283 e. The molecule has 0 unspecified atom stereocenters. The normalized spacial score (nSPS) is 13.0. The van der Waals surface area contributed by atoms with Crippen molar-refractivity contribution in [3.63, 3.8) is 0 Å². The lowest BCUT2D eigenvalue weighted by Crippen LogP contribution is -1.96. The molecule has 0 amide bonds. The van der Waals surface area contributed by atoms with Crippen LogP contribution in [0.25, 0.3) is 21.7 Å². The fraction of sp³-hybridized carbons (Fsp3) is 0.174. The summed E-state index contributed by atoms with van der Waals surface area (Å²) >= 11 is 4.97. The fourth-order valence-corrected chi connectivity index (χ4v) is 6.71.